The van der Waals surface area contributed by atoms with Crippen LogP contribution in [0.15, 0.2) is 42.5 Å². The molecule has 1 fully saturated rings. The number of rotatable bonds is 10. The lowest BCUT2D eigenvalue weighted by Crippen LogP contribution is -2.47. The van der Waals surface area contributed by atoms with Crippen LogP contribution in [0.25, 0.3) is 0 Å². The van der Waals surface area contributed by atoms with E-state index in [9.17, 15) is 9.59 Å². The number of ether oxygens (including phenoxy) is 2. The van der Waals surface area contributed by atoms with Gasteiger partial charge in [0, 0.05) is 17.6 Å². The van der Waals surface area contributed by atoms with Gasteiger partial charge in [-0.3, -0.25) is 9.59 Å². The van der Waals surface area contributed by atoms with Gasteiger partial charge in [0.05, 0.1) is 13.2 Å². The Hall–Kier alpha value is -2.44. The third-order valence-corrected chi connectivity index (χ3v) is 7.12. The van der Waals surface area contributed by atoms with Gasteiger partial charge in [-0.05, 0) is 74.8 Å². The van der Waals surface area contributed by atoms with Crippen molar-refractivity contribution in [2.24, 2.45) is 5.92 Å². The molecule has 2 amide bonds. The molecule has 0 heterocycles. The Balaban J connectivity index is 2.02. The van der Waals surface area contributed by atoms with Crippen molar-refractivity contribution in [1.82, 2.24) is 10.2 Å². The number of nitrogens with zero attached hydrogens (tertiary/aromatic N) is 1. The molecule has 1 aliphatic rings. The Bertz CT molecular complexity index is 1040. The normalized spacial score (nSPS) is 18.4. The summed E-state index contributed by atoms with van der Waals surface area (Å²) >= 11 is 12.5. The standard InChI is InChI=1S/C28H36Cl2N2O4/c1-18(2)36-24-14-11-20(15-25(24)35-4)27(28(34)31-22-12-9-19(3)10-13-22)32(26(33)16-29)17-21-7-5-6-8-23(21)30/h5-8,11,14-15,18-19,22,27H,9-10,12-13,16-17H2,1-4H3,(H,31,34). The maximum absolute atomic E-state index is 13.8. The van der Waals surface area contributed by atoms with E-state index in [1.165, 1.54) is 4.90 Å². The molecule has 3 rings (SSSR count). The summed E-state index contributed by atoms with van der Waals surface area (Å²) in [6, 6.07) is 11.8. The van der Waals surface area contributed by atoms with E-state index in [4.69, 9.17) is 32.7 Å². The zero-order valence-electron chi connectivity index (χ0n) is 21.4. The van der Waals surface area contributed by atoms with Gasteiger partial charge in [0.25, 0.3) is 0 Å². The topological polar surface area (TPSA) is 67.9 Å². The van der Waals surface area contributed by atoms with E-state index >= 15 is 0 Å². The lowest BCUT2D eigenvalue weighted by atomic mass is 9.87. The van der Waals surface area contributed by atoms with Crippen LogP contribution >= 0.6 is 23.2 Å². The number of halogens is 2. The maximum atomic E-state index is 13.8. The Morgan fingerprint density at radius 1 is 1.08 bits per heavy atom. The van der Waals surface area contributed by atoms with Crippen LogP contribution in [0.2, 0.25) is 5.02 Å². The number of hydrogen-bond donors (Lipinski definition) is 1. The highest BCUT2D eigenvalue weighted by Crippen LogP contribution is 2.35. The summed E-state index contributed by atoms with van der Waals surface area (Å²) in [6.07, 6.45) is 3.91. The first-order valence-corrected chi connectivity index (χ1v) is 13.4. The molecule has 1 atom stereocenters. The number of alkyl halides is 1. The fourth-order valence-electron chi connectivity index (χ4n) is 4.57. The lowest BCUT2D eigenvalue weighted by molar-refractivity contribution is -0.140. The van der Waals surface area contributed by atoms with E-state index in [0.717, 1.165) is 31.2 Å². The second-order valence-electron chi connectivity index (χ2n) is 9.69. The first-order valence-electron chi connectivity index (χ1n) is 12.5. The molecular weight excluding hydrogens is 499 g/mol. The Morgan fingerprint density at radius 2 is 1.78 bits per heavy atom. The Morgan fingerprint density at radius 3 is 2.39 bits per heavy atom. The number of methoxy groups -OCH3 is 1. The quantitative estimate of drug-likeness (QED) is 0.371. The van der Waals surface area contributed by atoms with Crippen molar-refractivity contribution in [3.8, 4) is 11.5 Å². The second kappa shape index (κ2) is 13.2. The van der Waals surface area contributed by atoms with Crippen molar-refractivity contribution in [3.63, 3.8) is 0 Å². The largest absolute Gasteiger partial charge is 0.493 e. The van der Waals surface area contributed by atoms with E-state index in [-0.39, 0.29) is 36.4 Å². The molecule has 0 aliphatic heterocycles. The van der Waals surface area contributed by atoms with Gasteiger partial charge < -0.3 is 19.7 Å². The van der Waals surface area contributed by atoms with Crippen LogP contribution < -0.4 is 14.8 Å². The van der Waals surface area contributed by atoms with Crippen LogP contribution in [0.3, 0.4) is 0 Å². The molecule has 8 heteroatoms. The number of carbonyl (C=O) groups is 2. The fourth-order valence-corrected chi connectivity index (χ4v) is 4.92. The van der Waals surface area contributed by atoms with Crippen molar-refractivity contribution >= 4 is 35.0 Å². The van der Waals surface area contributed by atoms with Gasteiger partial charge in [-0.25, -0.2) is 0 Å². The summed E-state index contributed by atoms with van der Waals surface area (Å²) in [5.41, 5.74) is 1.34. The number of amides is 2. The van der Waals surface area contributed by atoms with Gasteiger partial charge in [-0.15, -0.1) is 11.6 Å². The van der Waals surface area contributed by atoms with Gasteiger partial charge in [-0.1, -0.05) is 42.8 Å². The first kappa shape index (κ1) is 28.1. The molecule has 196 valence electrons. The van der Waals surface area contributed by atoms with Crippen molar-refractivity contribution in [2.75, 3.05) is 13.0 Å². The molecule has 1 saturated carbocycles. The van der Waals surface area contributed by atoms with Crippen molar-refractivity contribution in [1.29, 1.82) is 0 Å². The third-order valence-electron chi connectivity index (χ3n) is 6.52. The predicted molar refractivity (Wildman–Crippen MR) is 144 cm³/mol. The minimum Gasteiger partial charge on any atom is -0.493 e. The molecule has 0 radical (unpaired) electrons. The van der Waals surface area contributed by atoms with Gasteiger partial charge in [0.2, 0.25) is 11.8 Å². The van der Waals surface area contributed by atoms with Crippen molar-refractivity contribution in [2.45, 2.75) is 71.2 Å². The van der Waals surface area contributed by atoms with Gasteiger partial charge >= 0.3 is 0 Å². The summed E-state index contributed by atoms with van der Waals surface area (Å²) in [4.78, 5) is 28.5. The summed E-state index contributed by atoms with van der Waals surface area (Å²) in [5, 5.41) is 3.72. The predicted octanol–water partition coefficient (Wildman–Crippen LogP) is 6.14. The highest BCUT2D eigenvalue weighted by atomic mass is 35.5. The Labute approximate surface area is 224 Å². The molecule has 0 aromatic heterocycles. The molecule has 36 heavy (non-hydrogen) atoms. The molecule has 0 bridgehead atoms. The number of benzene rings is 2. The van der Waals surface area contributed by atoms with Gasteiger partial charge in [-0.2, -0.15) is 0 Å². The minimum atomic E-state index is -0.922. The number of hydrogen-bond acceptors (Lipinski definition) is 4. The molecule has 2 aromatic rings. The summed E-state index contributed by atoms with van der Waals surface area (Å²) in [5.74, 6) is 0.830. The van der Waals surface area contributed by atoms with Crippen LogP contribution in [0.1, 0.15) is 63.6 Å². The highest BCUT2D eigenvalue weighted by molar-refractivity contribution is 6.31. The summed E-state index contributed by atoms with van der Waals surface area (Å²) < 4.78 is 11.4. The fraction of sp³-hybridized carbons (Fsp3) is 0.500. The lowest BCUT2D eigenvalue weighted by Gasteiger charge is -2.34. The summed E-state index contributed by atoms with van der Waals surface area (Å²) in [6.45, 7) is 6.23. The molecular formula is C28H36Cl2N2O4. The van der Waals surface area contributed by atoms with Crippen molar-refractivity contribution < 1.29 is 19.1 Å². The van der Waals surface area contributed by atoms with Crippen molar-refractivity contribution in [3.05, 3.63) is 58.6 Å². The van der Waals surface area contributed by atoms with E-state index in [1.807, 2.05) is 32.0 Å². The maximum Gasteiger partial charge on any atom is 0.247 e. The third kappa shape index (κ3) is 7.30. The zero-order chi connectivity index (χ0) is 26.2. The van der Waals surface area contributed by atoms with E-state index in [2.05, 4.69) is 12.2 Å². The van der Waals surface area contributed by atoms with E-state index in [0.29, 0.717) is 28.0 Å². The smallest absolute Gasteiger partial charge is 0.247 e. The Kier molecular flexibility index (Phi) is 10.3. The molecule has 6 nitrogen and oxygen atoms in total. The molecule has 2 aromatic carbocycles. The summed E-state index contributed by atoms with van der Waals surface area (Å²) in [7, 11) is 1.55. The number of carbonyl (C=O) groups excluding carboxylic acids is 2. The van der Waals surface area contributed by atoms with E-state index in [1.54, 1.807) is 31.4 Å². The van der Waals surface area contributed by atoms with Crippen LogP contribution in [0.4, 0.5) is 0 Å². The molecule has 1 unspecified atom stereocenters. The van der Waals surface area contributed by atoms with Crippen LogP contribution in [-0.4, -0.2) is 41.8 Å². The SMILES string of the molecule is COc1cc(C(C(=O)NC2CCC(C)CC2)N(Cc2ccccc2Cl)C(=O)CCl)ccc1OC(C)C. The van der Waals surface area contributed by atoms with Gasteiger partial charge in [0.1, 0.15) is 11.9 Å². The molecule has 1 N–H and O–H groups in total. The first-order chi connectivity index (χ1) is 17.2. The number of nitrogens with one attached hydrogen (secondary N) is 1. The zero-order valence-corrected chi connectivity index (χ0v) is 22.9. The van der Waals surface area contributed by atoms with Gasteiger partial charge in [0.15, 0.2) is 11.5 Å². The molecule has 1 aliphatic carbocycles. The average Bonchev–Trinajstić information content (AvgIpc) is 2.86. The second-order valence-corrected chi connectivity index (χ2v) is 10.4. The van der Waals surface area contributed by atoms with Crippen LogP contribution in [0, 0.1) is 5.92 Å². The molecule has 0 saturated heterocycles. The van der Waals surface area contributed by atoms with Crippen LogP contribution in [0.5, 0.6) is 11.5 Å². The van der Waals surface area contributed by atoms with Crippen LogP contribution in [-0.2, 0) is 16.1 Å². The van der Waals surface area contributed by atoms with E-state index < -0.39 is 6.04 Å². The molecule has 0 spiro atoms. The minimum absolute atomic E-state index is 0.0490. The highest BCUT2D eigenvalue weighted by Gasteiger charge is 2.34. The monoisotopic (exact) mass is 534 g/mol. The average molecular weight is 536 g/mol.